The fraction of sp³-hybridized carbons (Fsp3) is 0.923. The SMILES string of the molecule is CCOC(=O)C(C)(CN1CCC(C)(C)C1)NC. The van der Waals surface area contributed by atoms with Gasteiger partial charge in [0, 0.05) is 13.1 Å². The smallest absolute Gasteiger partial charge is 0.327 e. The first-order valence-electron chi connectivity index (χ1n) is 6.41. The molecule has 0 spiro atoms. The van der Waals surface area contributed by atoms with E-state index in [0.29, 0.717) is 18.6 Å². The van der Waals surface area contributed by atoms with E-state index in [4.69, 9.17) is 4.74 Å². The number of esters is 1. The maximum atomic E-state index is 11.9. The molecule has 1 aliphatic heterocycles. The molecule has 0 radical (unpaired) electrons. The molecule has 0 aromatic rings. The molecule has 100 valence electrons. The van der Waals surface area contributed by atoms with Gasteiger partial charge in [-0.1, -0.05) is 13.8 Å². The van der Waals surface area contributed by atoms with Crippen molar-refractivity contribution in [1.29, 1.82) is 0 Å². The number of hydrogen-bond donors (Lipinski definition) is 1. The minimum absolute atomic E-state index is 0.160. The zero-order chi connectivity index (χ0) is 13.1. The molecular formula is C13H26N2O2. The van der Waals surface area contributed by atoms with E-state index in [1.165, 1.54) is 6.42 Å². The summed E-state index contributed by atoms with van der Waals surface area (Å²) < 4.78 is 5.13. The Labute approximate surface area is 105 Å². The van der Waals surface area contributed by atoms with Crippen LogP contribution in [-0.2, 0) is 9.53 Å². The van der Waals surface area contributed by atoms with Gasteiger partial charge in [-0.25, -0.2) is 0 Å². The van der Waals surface area contributed by atoms with E-state index in [-0.39, 0.29) is 5.97 Å². The van der Waals surface area contributed by atoms with Gasteiger partial charge in [0.25, 0.3) is 0 Å². The van der Waals surface area contributed by atoms with E-state index in [0.717, 1.165) is 13.1 Å². The highest BCUT2D eigenvalue weighted by atomic mass is 16.5. The van der Waals surface area contributed by atoms with Crippen molar-refractivity contribution in [3.8, 4) is 0 Å². The summed E-state index contributed by atoms with van der Waals surface area (Å²) in [4.78, 5) is 14.3. The highest BCUT2D eigenvalue weighted by molar-refractivity contribution is 5.80. The molecule has 0 saturated carbocycles. The van der Waals surface area contributed by atoms with Gasteiger partial charge in [0.05, 0.1) is 6.61 Å². The lowest BCUT2D eigenvalue weighted by Crippen LogP contribution is -2.56. The quantitative estimate of drug-likeness (QED) is 0.737. The van der Waals surface area contributed by atoms with Crippen molar-refractivity contribution in [3.05, 3.63) is 0 Å². The Kier molecular flexibility index (Phi) is 4.55. The average Bonchev–Trinajstić information content (AvgIpc) is 2.58. The van der Waals surface area contributed by atoms with E-state index >= 15 is 0 Å². The Hall–Kier alpha value is -0.610. The molecule has 0 bridgehead atoms. The molecule has 0 aliphatic carbocycles. The number of nitrogens with zero attached hydrogens (tertiary/aromatic N) is 1. The van der Waals surface area contributed by atoms with E-state index in [1.54, 1.807) is 0 Å². The summed E-state index contributed by atoms with van der Waals surface area (Å²) in [5.74, 6) is -0.160. The van der Waals surface area contributed by atoms with Crippen LogP contribution in [0.5, 0.6) is 0 Å². The van der Waals surface area contributed by atoms with Crippen molar-refractivity contribution >= 4 is 5.97 Å². The fourth-order valence-corrected chi connectivity index (χ4v) is 2.34. The molecule has 1 atom stereocenters. The van der Waals surface area contributed by atoms with Crippen LogP contribution in [-0.4, -0.2) is 49.7 Å². The fourth-order valence-electron chi connectivity index (χ4n) is 2.34. The summed E-state index contributed by atoms with van der Waals surface area (Å²) in [6.07, 6.45) is 1.19. The van der Waals surface area contributed by atoms with Crippen LogP contribution in [0, 0.1) is 5.41 Å². The van der Waals surface area contributed by atoms with Crippen molar-refractivity contribution in [1.82, 2.24) is 10.2 Å². The molecule has 1 aliphatic rings. The van der Waals surface area contributed by atoms with Gasteiger partial charge in [0.2, 0.25) is 0 Å². The van der Waals surface area contributed by atoms with Crippen LogP contribution < -0.4 is 5.32 Å². The first-order valence-corrected chi connectivity index (χ1v) is 6.41. The van der Waals surface area contributed by atoms with Crippen molar-refractivity contribution in [2.24, 2.45) is 5.41 Å². The third-order valence-electron chi connectivity index (χ3n) is 3.57. The predicted molar refractivity (Wildman–Crippen MR) is 68.9 cm³/mol. The van der Waals surface area contributed by atoms with Gasteiger partial charge >= 0.3 is 5.97 Å². The zero-order valence-corrected chi connectivity index (χ0v) is 11.8. The lowest BCUT2D eigenvalue weighted by molar-refractivity contribution is -0.151. The lowest BCUT2D eigenvalue weighted by atomic mass is 9.93. The van der Waals surface area contributed by atoms with Crippen LogP contribution in [0.25, 0.3) is 0 Å². The van der Waals surface area contributed by atoms with Crippen LogP contribution in [0.3, 0.4) is 0 Å². The van der Waals surface area contributed by atoms with E-state index < -0.39 is 5.54 Å². The number of likely N-dealkylation sites (N-methyl/N-ethyl adjacent to an activating group) is 1. The number of nitrogens with one attached hydrogen (secondary N) is 1. The topological polar surface area (TPSA) is 41.6 Å². The van der Waals surface area contributed by atoms with Crippen molar-refractivity contribution in [3.63, 3.8) is 0 Å². The monoisotopic (exact) mass is 242 g/mol. The van der Waals surface area contributed by atoms with Gasteiger partial charge in [-0.05, 0) is 39.3 Å². The summed E-state index contributed by atoms with van der Waals surface area (Å²) >= 11 is 0. The van der Waals surface area contributed by atoms with Crippen molar-refractivity contribution < 1.29 is 9.53 Å². The number of likely N-dealkylation sites (tertiary alicyclic amines) is 1. The van der Waals surface area contributed by atoms with Crippen molar-refractivity contribution in [2.45, 2.75) is 39.7 Å². The molecule has 1 rings (SSSR count). The maximum absolute atomic E-state index is 11.9. The van der Waals surface area contributed by atoms with Crippen molar-refractivity contribution in [2.75, 3.05) is 33.3 Å². The number of rotatable bonds is 5. The van der Waals surface area contributed by atoms with Crippen LogP contribution in [0.1, 0.15) is 34.1 Å². The zero-order valence-electron chi connectivity index (χ0n) is 11.8. The number of carbonyl (C=O) groups excluding carboxylic acids is 1. The summed E-state index contributed by atoms with van der Waals surface area (Å²) in [6, 6.07) is 0. The minimum Gasteiger partial charge on any atom is -0.465 e. The Bertz CT molecular complexity index is 279. The van der Waals surface area contributed by atoms with Gasteiger partial charge in [0.15, 0.2) is 0 Å². The van der Waals surface area contributed by atoms with Gasteiger partial charge in [0.1, 0.15) is 5.54 Å². The molecule has 4 nitrogen and oxygen atoms in total. The number of ether oxygens (including phenoxy) is 1. The van der Waals surface area contributed by atoms with Gasteiger partial charge in [-0.3, -0.25) is 4.79 Å². The van der Waals surface area contributed by atoms with E-state index in [9.17, 15) is 4.79 Å². The second-order valence-electron chi connectivity index (χ2n) is 5.93. The maximum Gasteiger partial charge on any atom is 0.327 e. The summed E-state index contributed by atoms with van der Waals surface area (Å²) in [7, 11) is 1.82. The normalized spacial score (nSPS) is 23.4. The third kappa shape index (κ3) is 3.68. The van der Waals surface area contributed by atoms with E-state index in [2.05, 4.69) is 24.1 Å². The third-order valence-corrected chi connectivity index (χ3v) is 3.57. The Morgan fingerprint density at radius 2 is 2.18 bits per heavy atom. The summed E-state index contributed by atoms with van der Waals surface area (Å²) in [6.45, 7) is 11.5. The molecule has 0 amide bonds. The highest BCUT2D eigenvalue weighted by Crippen LogP contribution is 2.29. The number of hydrogen-bond acceptors (Lipinski definition) is 4. The second-order valence-corrected chi connectivity index (χ2v) is 5.93. The molecule has 0 aromatic heterocycles. The predicted octanol–water partition coefficient (Wildman–Crippen LogP) is 1.26. The molecule has 4 heteroatoms. The molecule has 1 unspecified atom stereocenters. The first kappa shape index (κ1) is 14.5. The van der Waals surface area contributed by atoms with Gasteiger partial charge in [-0.15, -0.1) is 0 Å². The van der Waals surface area contributed by atoms with E-state index in [1.807, 2.05) is 20.9 Å². The summed E-state index contributed by atoms with van der Waals surface area (Å²) in [5.41, 5.74) is -0.236. The van der Waals surface area contributed by atoms with Crippen LogP contribution in [0.15, 0.2) is 0 Å². The molecule has 1 N–H and O–H groups in total. The first-order chi connectivity index (χ1) is 7.83. The molecular weight excluding hydrogens is 216 g/mol. The van der Waals surface area contributed by atoms with Crippen LogP contribution in [0.2, 0.25) is 0 Å². The minimum atomic E-state index is -0.601. The molecule has 1 fully saturated rings. The Balaban J connectivity index is 2.60. The van der Waals surface area contributed by atoms with Gasteiger partial charge in [-0.2, -0.15) is 0 Å². The molecule has 0 aromatic carbocycles. The Morgan fingerprint density at radius 3 is 2.59 bits per heavy atom. The molecule has 1 heterocycles. The number of carbonyl (C=O) groups is 1. The summed E-state index contributed by atoms with van der Waals surface area (Å²) in [5, 5.41) is 3.10. The average molecular weight is 242 g/mol. The highest BCUT2D eigenvalue weighted by Gasteiger charge is 2.38. The standard InChI is InChI=1S/C13H26N2O2/c1-6-17-11(16)13(4,14-5)10-15-8-7-12(2,3)9-15/h14H,6-10H2,1-5H3. The molecule has 17 heavy (non-hydrogen) atoms. The van der Waals surface area contributed by atoms with Gasteiger partial charge < -0.3 is 15.0 Å². The Morgan fingerprint density at radius 1 is 1.53 bits per heavy atom. The van der Waals surface area contributed by atoms with Crippen LogP contribution in [0.4, 0.5) is 0 Å². The van der Waals surface area contributed by atoms with Crippen LogP contribution >= 0.6 is 0 Å². The largest absolute Gasteiger partial charge is 0.465 e. The second kappa shape index (κ2) is 5.36. The molecule has 1 saturated heterocycles. The lowest BCUT2D eigenvalue weighted by Gasteiger charge is -2.31.